The third-order valence-electron chi connectivity index (χ3n) is 7.28. The molecular weight excluding hydrogens is 390 g/mol. The highest BCUT2D eigenvalue weighted by Gasteiger charge is 2.20. The van der Waals surface area contributed by atoms with E-state index in [1.54, 1.807) is 0 Å². The number of aryl methyl sites for hydroxylation is 1. The smallest absolute Gasteiger partial charge is 0.137 e. The number of unbranched alkanes of at least 4 members (excludes halogenated alkanes) is 5. The molecule has 1 aromatic carbocycles. The highest BCUT2D eigenvalue weighted by Crippen LogP contribution is 2.34. The summed E-state index contributed by atoms with van der Waals surface area (Å²) in [7, 11) is 0. The van der Waals surface area contributed by atoms with Crippen LogP contribution in [0.3, 0.4) is 0 Å². The Balaban J connectivity index is 1.38. The molecule has 0 radical (unpaired) electrons. The summed E-state index contributed by atoms with van der Waals surface area (Å²) in [5.74, 6) is 2.83. The summed E-state index contributed by atoms with van der Waals surface area (Å²) in [4.78, 5) is 4.62. The fourth-order valence-corrected chi connectivity index (χ4v) is 5.06. The van der Waals surface area contributed by atoms with E-state index < -0.39 is 0 Å². The van der Waals surface area contributed by atoms with Gasteiger partial charge < -0.3 is 4.74 Å². The van der Waals surface area contributed by atoms with Crippen molar-refractivity contribution in [2.24, 2.45) is 11.8 Å². The first-order chi connectivity index (χ1) is 15.8. The molecule has 2 nitrogen and oxygen atoms in total. The first-order valence-electron chi connectivity index (χ1n) is 13.5. The van der Waals surface area contributed by atoms with Gasteiger partial charge in [0.1, 0.15) is 5.75 Å². The number of aromatic nitrogens is 1. The molecule has 2 heteroatoms. The van der Waals surface area contributed by atoms with Crippen molar-refractivity contribution in [1.82, 2.24) is 4.98 Å². The first kappa shape index (κ1) is 24.8. The monoisotopic (exact) mass is 435 g/mol. The average molecular weight is 436 g/mol. The zero-order chi connectivity index (χ0) is 22.4. The third kappa shape index (κ3) is 8.60. The van der Waals surface area contributed by atoms with Gasteiger partial charge in [-0.2, -0.15) is 0 Å². The molecular formula is C30H45NO. The van der Waals surface area contributed by atoms with E-state index >= 15 is 0 Å². The molecule has 1 aromatic heterocycles. The predicted octanol–water partition coefficient (Wildman–Crippen LogP) is 9.03. The van der Waals surface area contributed by atoms with Gasteiger partial charge in [0.25, 0.3) is 0 Å². The molecule has 0 bridgehead atoms. The second-order valence-corrected chi connectivity index (χ2v) is 9.91. The lowest BCUT2D eigenvalue weighted by atomic mass is 9.78. The van der Waals surface area contributed by atoms with Crippen molar-refractivity contribution in [3.8, 4) is 17.0 Å². The molecule has 0 N–H and O–H groups in total. The zero-order valence-corrected chi connectivity index (χ0v) is 20.7. The van der Waals surface area contributed by atoms with Crippen molar-refractivity contribution < 1.29 is 4.74 Å². The second-order valence-electron chi connectivity index (χ2n) is 9.91. The Bertz CT molecular complexity index is 728. The van der Waals surface area contributed by atoms with Crippen molar-refractivity contribution in [3.05, 3.63) is 48.2 Å². The number of rotatable bonds is 14. The first-order valence-corrected chi connectivity index (χ1v) is 13.5. The molecule has 1 saturated carbocycles. The molecule has 3 rings (SSSR count). The van der Waals surface area contributed by atoms with E-state index in [-0.39, 0.29) is 0 Å². The SMILES string of the molecule is CCCCCCOc1ccc(-c2ccc(CCC3CCC(CCCCC)CC3)cc2)nc1. The van der Waals surface area contributed by atoms with Crippen LogP contribution in [0.2, 0.25) is 0 Å². The highest BCUT2D eigenvalue weighted by molar-refractivity contribution is 5.59. The fraction of sp³-hybridized carbons (Fsp3) is 0.633. The molecule has 0 unspecified atom stereocenters. The van der Waals surface area contributed by atoms with E-state index in [0.717, 1.165) is 36.3 Å². The summed E-state index contributed by atoms with van der Waals surface area (Å²) < 4.78 is 5.82. The number of hydrogen-bond acceptors (Lipinski definition) is 2. The molecule has 0 amide bonds. The quantitative estimate of drug-likeness (QED) is 0.276. The van der Waals surface area contributed by atoms with Crippen molar-refractivity contribution >= 4 is 0 Å². The van der Waals surface area contributed by atoms with Crippen LogP contribution in [0.5, 0.6) is 5.75 Å². The van der Waals surface area contributed by atoms with Gasteiger partial charge in [-0.05, 0) is 48.8 Å². The van der Waals surface area contributed by atoms with Crippen LogP contribution in [0.25, 0.3) is 11.3 Å². The molecule has 0 atom stereocenters. The minimum atomic E-state index is 0.788. The highest BCUT2D eigenvalue weighted by atomic mass is 16.5. The van der Waals surface area contributed by atoms with E-state index in [1.807, 2.05) is 6.20 Å². The van der Waals surface area contributed by atoms with Crippen LogP contribution in [-0.4, -0.2) is 11.6 Å². The van der Waals surface area contributed by atoms with E-state index in [0.29, 0.717) is 0 Å². The lowest BCUT2D eigenvalue weighted by Gasteiger charge is -2.28. The van der Waals surface area contributed by atoms with Gasteiger partial charge in [0.05, 0.1) is 18.5 Å². The Hall–Kier alpha value is -1.83. The van der Waals surface area contributed by atoms with Gasteiger partial charge in [0.2, 0.25) is 0 Å². The standard InChI is InChI=1S/C30H45NO/c1-3-5-7-9-23-32-29-21-22-30(31-24-29)28-19-17-27(18-20-28)16-15-26-13-11-25(12-14-26)10-8-6-4-2/h17-22,24-26H,3-16,23H2,1-2H3. The maximum atomic E-state index is 5.82. The molecule has 32 heavy (non-hydrogen) atoms. The Morgan fingerprint density at radius 1 is 0.750 bits per heavy atom. The van der Waals surface area contributed by atoms with Crippen molar-refractivity contribution in [2.75, 3.05) is 6.61 Å². The van der Waals surface area contributed by atoms with Crippen LogP contribution in [0.1, 0.15) is 103 Å². The van der Waals surface area contributed by atoms with Gasteiger partial charge >= 0.3 is 0 Å². The Kier molecular flexibility index (Phi) is 11.1. The van der Waals surface area contributed by atoms with E-state index in [9.17, 15) is 0 Å². The topological polar surface area (TPSA) is 22.1 Å². The van der Waals surface area contributed by atoms with E-state index in [2.05, 4.69) is 55.2 Å². The lowest BCUT2D eigenvalue weighted by molar-refractivity contribution is 0.249. The number of hydrogen-bond donors (Lipinski definition) is 0. The molecule has 1 aliphatic rings. The number of pyridine rings is 1. The van der Waals surface area contributed by atoms with Crippen LogP contribution in [-0.2, 0) is 6.42 Å². The molecule has 0 spiro atoms. The fourth-order valence-electron chi connectivity index (χ4n) is 5.06. The summed E-state index contributed by atoms with van der Waals surface area (Å²) >= 11 is 0. The van der Waals surface area contributed by atoms with Gasteiger partial charge in [-0.15, -0.1) is 0 Å². The zero-order valence-electron chi connectivity index (χ0n) is 20.7. The van der Waals surface area contributed by atoms with Crippen molar-refractivity contribution in [1.29, 1.82) is 0 Å². The minimum Gasteiger partial charge on any atom is -0.492 e. The summed E-state index contributed by atoms with van der Waals surface area (Å²) in [6.45, 7) is 5.33. The molecule has 1 heterocycles. The third-order valence-corrected chi connectivity index (χ3v) is 7.28. The summed E-state index contributed by atoms with van der Waals surface area (Å²) in [5.41, 5.74) is 3.68. The summed E-state index contributed by atoms with van der Waals surface area (Å²) in [6.07, 6.45) is 20.9. The second kappa shape index (κ2) is 14.3. The minimum absolute atomic E-state index is 0.788. The predicted molar refractivity (Wildman–Crippen MR) is 137 cm³/mol. The largest absolute Gasteiger partial charge is 0.492 e. The van der Waals surface area contributed by atoms with Gasteiger partial charge in [-0.3, -0.25) is 4.98 Å². The van der Waals surface area contributed by atoms with Crippen molar-refractivity contribution in [2.45, 2.75) is 104 Å². The lowest BCUT2D eigenvalue weighted by Crippen LogP contribution is -2.15. The number of ether oxygens (including phenoxy) is 1. The van der Waals surface area contributed by atoms with Crippen LogP contribution in [0.4, 0.5) is 0 Å². The molecule has 1 fully saturated rings. The Labute approximate surface area is 197 Å². The molecule has 0 saturated heterocycles. The van der Waals surface area contributed by atoms with Gasteiger partial charge in [-0.1, -0.05) is 109 Å². The Morgan fingerprint density at radius 2 is 1.44 bits per heavy atom. The van der Waals surface area contributed by atoms with Gasteiger partial charge in [-0.25, -0.2) is 0 Å². The van der Waals surface area contributed by atoms with E-state index in [4.69, 9.17) is 4.74 Å². The van der Waals surface area contributed by atoms with Crippen LogP contribution >= 0.6 is 0 Å². The van der Waals surface area contributed by atoms with E-state index in [1.165, 1.54) is 94.6 Å². The summed E-state index contributed by atoms with van der Waals surface area (Å²) in [5, 5.41) is 0. The maximum Gasteiger partial charge on any atom is 0.137 e. The number of nitrogens with zero attached hydrogens (tertiary/aromatic N) is 1. The van der Waals surface area contributed by atoms with Gasteiger partial charge in [0.15, 0.2) is 0 Å². The normalized spacial score (nSPS) is 18.6. The Morgan fingerprint density at radius 3 is 2.09 bits per heavy atom. The van der Waals surface area contributed by atoms with Crippen LogP contribution in [0.15, 0.2) is 42.6 Å². The van der Waals surface area contributed by atoms with Crippen LogP contribution in [0, 0.1) is 11.8 Å². The molecule has 0 aliphatic heterocycles. The van der Waals surface area contributed by atoms with Crippen LogP contribution < -0.4 is 4.74 Å². The van der Waals surface area contributed by atoms with Crippen molar-refractivity contribution in [3.63, 3.8) is 0 Å². The molecule has 176 valence electrons. The molecule has 1 aliphatic carbocycles. The maximum absolute atomic E-state index is 5.82. The molecule has 2 aromatic rings. The summed E-state index contributed by atoms with van der Waals surface area (Å²) in [6, 6.07) is 13.2. The average Bonchev–Trinajstić information content (AvgIpc) is 2.84. The van der Waals surface area contributed by atoms with Gasteiger partial charge in [0, 0.05) is 5.56 Å². The number of benzene rings is 1.